The summed E-state index contributed by atoms with van der Waals surface area (Å²) in [6.07, 6.45) is 5.32. The monoisotopic (exact) mass is 333 g/mol. The minimum absolute atomic E-state index is 0.0401. The van der Waals surface area contributed by atoms with Gasteiger partial charge in [-0.05, 0) is 19.8 Å². The molecular weight excluding hydrogens is 310 g/mol. The standard InChI is InChI=1S/C16H23N5OS/c1-11-17-15(20-19-11)14-9-21(6-7-22-14)8-13-10-23-16(18-13)12-4-2-3-5-12/h10,12,14H,2-9H2,1H3,(H,17,19,20)/t14-/m0/s1. The largest absolute Gasteiger partial charge is 0.367 e. The third-order valence-electron chi connectivity index (χ3n) is 4.71. The molecule has 0 aromatic carbocycles. The Morgan fingerprint density at radius 1 is 1.35 bits per heavy atom. The molecule has 2 fully saturated rings. The lowest BCUT2D eigenvalue weighted by molar-refractivity contribution is -0.0373. The number of aromatic amines is 1. The maximum atomic E-state index is 5.83. The highest BCUT2D eigenvalue weighted by molar-refractivity contribution is 7.09. The number of nitrogens with zero attached hydrogens (tertiary/aromatic N) is 4. The van der Waals surface area contributed by atoms with Crippen molar-refractivity contribution in [1.29, 1.82) is 0 Å². The Morgan fingerprint density at radius 2 is 2.22 bits per heavy atom. The summed E-state index contributed by atoms with van der Waals surface area (Å²) in [7, 11) is 0. The van der Waals surface area contributed by atoms with Crippen LogP contribution in [0.5, 0.6) is 0 Å². The number of aromatic nitrogens is 4. The van der Waals surface area contributed by atoms with Crippen LogP contribution in [0.4, 0.5) is 0 Å². The minimum atomic E-state index is -0.0401. The van der Waals surface area contributed by atoms with Gasteiger partial charge in [-0.3, -0.25) is 10.00 Å². The zero-order valence-electron chi connectivity index (χ0n) is 13.5. The van der Waals surface area contributed by atoms with Crippen LogP contribution in [-0.4, -0.2) is 44.8 Å². The molecule has 1 aliphatic heterocycles. The number of H-pyrrole nitrogens is 1. The molecule has 0 bridgehead atoms. The Labute approximate surface area is 140 Å². The molecule has 4 rings (SSSR count). The van der Waals surface area contributed by atoms with E-state index in [4.69, 9.17) is 9.72 Å². The van der Waals surface area contributed by atoms with Crippen molar-refractivity contribution < 1.29 is 4.74 Å². The SMILES string of the molecule is Cc1nc([C@@H]2CN(Cc3csc(C4CCCC4)n3)CCO2)n[nH]1. The van der Waals surface area contributed by atoms with Crippen molar-refractivity contribution in [2.75, 3.05) is 19.7 Å². The number of hydrogen-bond donors (Lipinski definition) is 1. The molecule has 2 aliphatic rings. The van der Waals surface area contributed by atoms with Gasteiger partial charge in [-0.25, -0.2) is 9.97 Å². The van der Waals surface area contributed by atoms with Crippen LogP contribution in [0.25, 0.3) is 0 Å². The first kappa shape index (κ1) is 15.2. The minimum Gasteiger partial charge on any atom is -0.367 e. The van der Waals surface area contributed by atoms with Gasteiger partial charge in [-0.1, -0.05) is 12.8 Å². The van der Waals surface area contributed by atoms with Crippen LogP contribution < -0.4 is 0 Å². The molecule has 1 aliphatic carbocycles. The highest BCUT2D eigenvalue weighted by Crippen LogP contribution is 2.35. The van der Waals surface area contributed by atoms with Crippen LogP contribution in [0.3, 0.4) is 0 Å². The second-order valence-electron chi connectivity index (χ2n) is 6.53. The molecule has 7 heteroatoms. The van der Waals surface area contributed by atoms with E-state index in [-0.39, 0.29) is 6.10 Å². The quantitative estimate of drug-likeness (QED) is 0.932. The van der Waals surface area contributed by atoms with Crippen molar-refractivity contribution in [3.63, 3.8) is 0 Å². The van der Waals surface area contributed by atoms with Crippen molar-refractivity contribution in [3.05, 3.63) is 27.7 Å². The topological polar surface area (TPSA) is 66.9 Å². The fraction of sp³-hybridized carbons (Fsp3) is 0.688. The van der Waals surface area contributed by atoms with Crippen molar-refractivity contribution in [2.24, 2.45) is 0 Å². The molecule has 3 heterocycles. The van der Waals surface area contributed by atoms with Crippen LogP contribution in [0.2, 0.25) is 0 Å². The molecular formula is C16H23N5OS. The van der Waals surface area contributed by atoms with Crippen LogP contribution in [0.15, 0.2) is 5.38 Å². The molecule has 6 nitrogen and oxygen atoms in total. The van der Waals surface area contributed by atoms with Gasteiger partial charge in [0.1, 0.15) is 11.9 Å². The Kier molecular flexibility index (Phi) is 4.41. The van der Waals surface area contributed by atoms with Gasteiger partial charge in [0, 0.05) is 30.9 Å². The van der Waals surface area contributed by atoms with Crippen molar-refractivity contribution in [3.8, 4) is 0 Å². The average molecular weight is 333 g/mol. The second kappa shape index (κ2) is 6.67. The van der Waals surface area contributed by atoms with Crippen LogP contribution in [0, 0.1) is 6.92 Å². The van der Waals surface area contributed by atoms with Crippen molar-refractivity contribution >= 4 is 11.3 Å². The van der Waals surface area contributed by atoms with E-state index >= 15 is 0 Å². The van der Waals surface area contributed by atoms with Crippen LogP contribution in [-0.2, 0) is 11.3 Å². The maximum absolute atomic E-state index is 5.83. The molecule has 1 N–H and O–H groups in total. The van der Waals surface area contributed by atoms with Crippen molar-refractivity contribution in [2.45, 2.75) is 51.2 Å². The highest BCUT2D eigenvalue weighted by atomic mass is 32.1. The van der Waals surface area contributed by atoms with Crippen LogP contribution >= 0.6 is 11.3 Å². The molecule has 0 radical (unpaired) electrons. The lowest BCUT2D eigenvalue weighted by Gasteiger charge is -2.31. The maximum Gasteiger partial charge on any atom is 0.180 e. The summed E-state index contributed by atoms with van der Waals surface area (Å²) < 4.78 is 5.83. The van der Waals surface area contributed by atoms with E-state index in [2.05, 4.69) is 25.5 Å². The third kappa shape index (κ3) is 3.46. The molecule has 1 saturated carbocycles. The summed E-state index contributed by atoms with van der Waals surface area (Å²) in [5, 5.41) is 10.7. The molecule has 2 aromatic heterocycles. The van der Waals surface area contributed by atoms with Gasteiger partial charge in [-0.2, -0.15) is 5.10 Å². The number of nitrogens with one attached hydrogen (secondary N) is 1. The number of aryl methyl sites for hydroxylation is 1. The molecule has 2 aromatic rings. The summed E-state index contributed by atoms with van der Waals surface area (Å²) in [4.78, 5) is 11.7. The first-order valence-electron chi connectivity index (χ1n) is 8.45. The Hall–Kier alpha value is -1.31. The first-order chi connectivity index (χ1) is 11.3. The predicted octanol–water partition coefficient (Wildman–Crippen LogP) is 2.80. The molecule has 0 amide bonds. The summed E-state index contributed by atoms with van der Waals surface area (Å²) in [5.74, 6) is 2.31. The van der Waals surface area contributed by atoms with Gasteiger partial charge < -0.3 is 4.74 Å². The highest BCUT2D eigenvalue weighted by Gasteiger charge is 2.26. The number of morpholine rings is 1. The van der Waals surface area contributed by atoms with E-state index in [1.54, 1.807) is 0 Å². The molecule has 0 unspecified atom stereocenters. The zero-order valence-corrected chi connectivity index (χ0v) is 14.3. The fourth-order valence-electron chi connectivity index (χ4n) is 3.49. The van der Waals surface area contributed by atoms with Gasteiger partial charge in [-0.15, -0.1) is 11.3 Å². The van der Waals surface area contributed by atoms with E-state index in [1.165, 1.54) is 36.4 Å². The average Bonchev–Trinajstić information content (AvgIpc) is 3.28. The second-order valence-corrected chi connectivity index (χ2v) is 7.42. The lowest BCUT2D eigenvalue weighted by Crippen LogP contribution is -2.38. The smallest absolute Gasteiger partial charge is 0.180 e. The van der Waals surface area contributed by atoms with Crippen molar-refractivity contribution in [1.82, 2.24) is 25.1 Å². The van der Waals surface area contributed by atoms with E-state index in [1.807, 2.05) is 18.3 Å². The van der Waals surface area contributed by atoms with E-state index in [0.717, 1.165) is 37.9 Å². The summed E-state index contributed by atoms with van der Waals surface area (Å²) in [5.41, 5.74) is 1.20. The summed E-state index contributed by atoms with van der Waals surface area (Å²) >= 11 is 1.84. The normalized spacial score (nSPS) is 23.6. The molecule has 1 atom stereocenters. The molecule has 0 spiro atoms. The van der Waals surface area contributed by atoms with E-state index in [9.17, 15) is 0 Å². The molecule has 124 valence electrons. The molecule has 23 heavy (non-hydrogen) atoms. The number of hydrogen-bond acceptors (Lipinski definition) is 6. The third-order valence-corrected chi connectivity index (χ3v) is 5.77. The number of thiazole rings is 1. The van der Waals surface area contributed by atoms with E-state index in [0.29, 0.717) is 5.92 Å². The van der Waals surface area contributed by atoms with Gasteiger partial charge in [0.05, 0.1) is 17.3 Å². The summed E-state index contributed by atoms with van der Waals surface area (Å²) in [6.45, 7) is 5.30. The number of rotatable bonds is 4. The van der Waals surface area contributed by atoms with Gasteiger partial charge in [0.25, 0.3) is 0 Å². The predicted molar refractivity (Wildman–Crippen MR) is 88.4 cm³/mol. The summed E-state index contributed by atoms with van der Waals surface area (Å²) in [6, 6.07) is 0. The number of ether oxygens (including phenoxy) is 1. The zero-order chi connectivity index (χ0) is 15.6. The van der Waals surface area contributed by atoms with Gasteiger partial charge in [0.15, 0.2) is 5.82 Å². The van der Waals surface area contributed by atoms with Gasteiger partial charge in [0.2, 0.25) is 0 Å². The Bertz CT molecular complexity index is 648. The molecule has 1 saturated heterocycles. The Balaban J connectivity index is 1.38. The van der Waals surface area contributed by atoms with Gasteiger partial charge >= 0.3 is 0 Å². The first-order valence-corrected chi connectivity index (χ1v) is 9.33. The lowest BCUT2D eigenvalue weighted by atomic mass is 10.1. The fourth-order valence-corrected chi connectivity index (χ4v) is 4.47. The van der Waals surface area contributed by atoms with E-state index < -0.39 is 0 Å². The van der Waals surface area contributed by atoms with Crippen LogP contribution in [0.1, 0.15) is 60.1 Å². The Morgan fingerprint density at radius 3 is 3.00 bits per heavy atom.